The summed E-state index contributed by atoms with van der Waals surface area (Å²) in [6.45, 7) is 2.50. The summed E-state index contributed by atoms with van der Waals surface area (Å²) in [5.74, 6) is 1.43. The average Bonchev–Trinajstić information content (AvgIpc) is 2.75. The third kappa shape index (κ3) is 4.68. The Morgan fingerprint density at radius 3 is 2.54 bits per heavy atom. The van der Waals surface area contributed by atoms with Crippen LogP contribution < -0.4 is 19.7 Å². The predicted molar refractivity (Wildman–Crippen MR) is 113 cm³/mol. The van der Waals surface area contributed by atoms with Crippen LogP contribution in [0, 0.1) is 0 Å². The van der Waals surface area contributed by atoms with Crippen molar-refractivity contribution in [2.24, 2.45) is 0 Å². The van der Waals surface area contributed by atoms with E-state index in [-0.39, 0.29) is 6.03 Å². The van der Waals surface area contributed by atoms with Crippen molar-refractivity contribution in [3.8, 4) is 11.5 Å². The Labute approximate surface area is 167 Å². The molecule has 1 aliphatic rings. The van der Waals surface area contributed by atoms with Gasteiger partial charge in [0.25, 0.3) is 0 Å². The van der Waals surface area contributed by atoms with Gasteiger partial charge in [0.05, 0.1) is 32.1 Å². The molecule has 2 amide bonds. The van der Waals surface area contributed by atoms with Crippen LogP contribution in [-0.4, -0.2) is 45.3 Å². The van der Waals surface area contributed by atoms with E-state index in [1.54, 1.807) is 26.2 Å². The monoisotopic (exact) mass is 383 g/mol. The lowest BCUT2D eigenvalue weighted by Gasteiger charge is -2.31. The standard InChI is InChI=1S/C22H29N3O3/c1-24(16-17-11-12-18(27-2)15-21(17)28-3)22(26)23-19-9-5-6-10-20(19)25-13-7-4-8-14-25/h5-6,9-12,15H,4,7-8,13-14,16H2,1-3H3,(H,23,26). The fraction of sp³-hybridized carbons (Fsp3) is 0.409. The van der Waals surface area contributed by atoms with E-state index in [1.807, 2.05) is 36.4 Å². The second kappa shape index (κ2) is 9.35. The Bertz CT molecular complexity index is 803. The van der Waals surface area contributed by atoms with E-state index in [0.717, 1.165) is 35.8 Å². The average molecular weight is 383 g/mol. The van der Waals surface area contributed by atoms with E-state index in [0.29, 0.717) is 12.3 Å². The highest BCUT2D eigenvalue weighted by Crippen LogP contribution is 2.29. The van der Waals surface area contributed by atoms with Crippen molar-refractivity contribution < 1.29 is 14.3 Å². The third-order valence-electron chi connectivity index (χ3n) is 5.09. The van der Waals surface area contributed by atoms with Crippen molar-refractivity contribution in [3.63, 3.8) is 0 Å². The maximum Gasteiger partial charge on any atom is 0.321 e. The van der Waals surface area contributed by atoms with Crippen LogP contribution in [0.2, 0.25) is 0 Å². The fourth-order valence-electron chi connectivity index (χ4n) is 3.51. The number of amides is 2. The van der Waals surface area contributed by atoms with Gasteiger partial charge in [0.2, 0.25) is 0 Å². The highest BCUT2D eigenvalue weighted by molar-refractivity contribution is 5.93. The molecule has 0 unspecified atom stereocenters. The number of anilines is 2. The number of nitrogens with one attached hydrogen (secondary N) is 1. The molecule has 1 saturated heterocycles. The topological polar surface area (TPSA) is 54.0 Å². The van der Waals surface area contributed by atoms with Crippen molar-refractivity contribution in [2.45, 2.75) is 25.8 Å². The van der Waals surface area contributed by atoms with Crippen LogP contribution in [0.4, 0.5) is 16.2 Å². The summed E-state index contributed by atoms with van der Waals surface area (Å²) in [7, 11) is 5.02. The zero-order chi connectivity index (χ0) is 19.9. The number of carbonyl (C=O) groups is 1. The number of methoxy groups -OCH3 is 2. The van der Waals surface area contributed by atoms with E-state index >= 15 is 0 Å². The molecule has 0 atom stereocenters. The van der Waals surface area contributed by atoms with E-state index in [4.69, 9.17) is 9.47 Å². The van der Waals surface area contributed by atoms with E-state index in [1.165, 1.54) is 19.3 Å². The Morgan fingerprint density at radius 1 is 1.07 bits per heavy atom. The first kappa shape index (κ1) is 19.9. The molecular weight excluding hydrogens is 354 g/mol. The minimum atomic E-state index is -0.151. The molecule has 3 rings (SSSR count). The lowest BCUT2D eigenvalue weighted by molar-refractivity contribution is 0.220. The van der Waals surface area contributed by atoms with Crippen LogP contribution in [0.15, 0.2) is 42.5 Å². The zero-order valence-corrected chi connectivity index (χ0v) is 16.9. The second-order valence-electron chi connectivity index (χ2n) is 7.03. The molecule has 2 aromatic rings. The van der Waals surface area contributed by atoms with Crippen LogP contribution in [0.25, 0.3) is 0 Å². The van der Waals surface area contributed by atoms with Crippen LogP contribution >= 0.6 is 0 Å². The summed E-state index contributed by atoms with van der Waals surface area (Å²) in [6, 6.07) is 13.5. The Hall–Kier alpha value is -2.89. The SMILES string of the molecule is COc1ccc(CN(C)C(=O)Nc2ccccc2N2CCCCC2)c(OC)c1. The van der Waals surface area contributed by atoms with Gasteiger partial charge in [0.1, 0.15) is 11.5 Å². The minimum Gasteiger partial charge on any atom is -0.497 e. The number of hydrogen-bond donors (Lipinski definition) is 1. The molecule has 0 aliphatic carbocycles. The number of ether oxygens (including phenoxy) is 2. The predicted octanol–water partition coefficient (Wildman–Crippen LogP) is 4.36. The Morgan fingerprint density at radius 2 is 1.82 bits per heavy atom. The van der Waals surface area contributed by atoms with Gasteiger partial charge in [0.15, 0.2) is 0 Å². The molecule has 1 fully saturated rings. The molecular formula is C22H29N3O3. The van der Waals surface area contributed by atoms with Crippen LogP contribution in [0.5, 0.6) is 11.5 Å². The summed E-state index contributed by atoms with van der Waals surface area (Å²) in [4.78, 5) is 16.8. The van der Waals surface area contributed by atoms with Crippen molar-refractivity contribution in [1.29, 1.82) is 0 Å². The quantitative estimate of drug-likeness (QED) is 0.805. The molecule has 0 saturated carbocycles. The van der Waals surface area contributed by atoms with Crippen LogP contribution in [0.1, 0.15) is 24.8 Å². The molecule has 28 heavy (non-hydrogen) atoms. The van der Waals surface area contributed by atoms with E-state index in [9.17, 15) is 4.79 Å². The van der Waals surface area contributed by atoms with E-state index in [2.05, 4.69) is 16.3 Å². The number of rotatable bonds is 6. The molecule has 1 heterocycles. The van der Waals surface area contributed by atoms with Gasteiger partial charge in [0, 0.05) is 31.8 Å². The van der Waals surface area contributed by atoms with Gasteiger partial charge >= 0.3 is 6.03 Å². The van der Waals surface area contributed by atoms with Crippen molar-refractivity contribution >= 4 is 17.4 Å². The second-order valence-corrected chi connectivity index (χ2v) is 7.03. The third-order valence-corrected chi connectivity index (χ3v) is 5.09. The number of benzene rings is 2. The lowest BCUT2D eigenvalue weighted by atomic mass is 10.1. The summed E-state index contributed by atoms with van der Waals surface area (Å²) < 4.78 is 10.7. The molecule has 1 aliphatic heterocycles. The normalized spacial score (nSPS) is 13.8. The number of piperidine rings is 1. The first-order chi connectivity index (χ1) is 13.6. The number of para-hydroxylation sites is 2. The van der Waals surface area contributed by atoms with Crippen LogP contribution in [-0.2, 0) is 6.54 Å². The maximum absolute atomic E-state index is 12.8. The molecule has 0 radical (unpaired) electrons. The van der Waals surface area contributed by atoms with Gasteiger partial charge in [-0.25, -0.2) is 4.79 Å². The van der Waals surface area contributed by atoms with Gasteiger partial charge in [-0.15, -0.1) is 0 Å². The molecule has 0 spiro atoms. The maximum atomic E-state index is 12.8. The van der Waals surface area contributed by atoms with Crippen LogP contribution in [0.3, 0.4) is 0 Å². The fourth-order valence-corrected chi connectivity index (χ4v) is 3.51. The van der Waals surface area contributed by atoms with Gasteiger partial charge in [-0.2, -0.15) is 0 Å². The Balaban J connectivity index is 1.70. The van der Waals surface area contributed by atoms with Gasteiger partial charge in [-0.05, 0) is 43.5 Å². The van der Waals surface area contributed by atoms with Crippen molar-refractivity contribution in [3.05, 3.63) is 48.0 Å². The molecule has 1 N–H and O–H groups in total. The highest BCUT2D eigenvalue weighted by Gasteiger charge is 2.18. The first-order valence-electron chi connectivity index (χ1n) is 9.69. The lowest BCUT2D eigenvalue weighted by Crippen LogP contribution is -2.33. The molecule has 0 bridgehead atoms. The first-order valence-corrected chi connectivity index (χ1v) is 9.69. The number of hydrogen-bond acceptors (Lipinski definition) is 4. The van der Waals surface area contributed by atoms with Gasteiger partial charge in [-0.1, -0.05) is 12.1 Å². The molecule has 6 heteroatoms. The summed E-state index contributed by atoms with van der Waals surface area (Å²) in [5.41, 5.74) is 2.86. The molecule has 2 aromatic carbocycles. The molecule has 0 aromatic heterocycles. The van der Waals surface area contributed by atoms with Gasteiger partial charge < -0.3 is 24.6 Å². The smallest absolute Gasteiger partial charge is 0.321 e. The largest absolute Gasteiger partial charge is 0.497 e. The molecule has 150 valence electrons. The zero-order valence-electron chi connectivity index (χ0n) is 16.9. The Kier molecular flexibility index (Phi) is 6.63. The van der Waals surface area contributed by atoms with Gasteiger partial charge in [-0.3, -0.25) is 0 Å². The number of nitrogens with zero attached hydrogens (tertiary/aromatic N) is 2. The van der Waals surface area contributed by atoms with Crippen molar-refractivity contribution in [2.75, 3.05) is 44.6 Å². The summed E-state index contributed by atoms with van der Waals surface area (Å²) in [6.07, 6.45) is 3.66. The van der Waals surface area contributed by atoms with Crippen molar-refractivity contribution in [1.82, 2.24) is 4.90 Å². The number of urea groups is 1. The highest BCUT2D eigenvalue weighted by atomic mass is 16.5. The number of carbonyl (C=O) groups excluding carboxylic acids is 1. The minimum absolute atomic E-state index is 0.151. The van der Waals surface area contributed by atoms with E-state index < -0.39 is 0 Å². The summed E-state index contributed by atoms with van der Waals surface area (Å²) in [5, 5.41) is 3.07. The summed E-state index contributed by atoms with van der Waals surface area (Å²) >= 11 is 0. The molecule has 6 nitrogen and oxygen atoms in total.